The molecule has 0 aliphatic rings. The molecule has 0 saturated carbocycles. The zero-order chi connectivity index (χ0) is 13.5. The molecule has 0 aliphatic carbocycles. The summed E-state index contributed by atoms with van der Waals surface area (Å²) in [5, 5.41) is 14.6. The van der Waals surface area contributed by atoms with Crippen LogP contribution in [-0.2, 0) is 5.41 Å². The predicted molar refractivity (Wildman–Crippen MR) is 65.5 cm³/mol. The Morgan fingerprint density at radius 1 is 1.50 bits per heavy atom. The molecule has 0 unspecified atom stereocenters. The molecule has 0 aliphatic heterocycles. The standard InChI is InChI=1S/C10H12N4O3S/c1-10(2,3)5-4-18-9(11-5)14-8(17)12-6(13-14)7(15)16/h4H,1-3H3,(H,15,16)(H,12,13,17). The van der Waals surface area contributed by atoms with E-state index in [1.54, 1.807) is 0 Å². The summed E-state index contributed by atoms with van der Waals surface area (Å²) in [5.74, 6) is -1.68. The second-order valence-corrected chi connectivity index (χ2v) is 5.60. The first kappa shape index (κ1) is 12.5. The number of aromatic amines is 1. The van der Waals surface area contributed by atoms with Crippen LogP contribution < -0.4 is 5.69 Å². The lowest BCUT2D eigenvalue weighted by atomic mass is 9.93. The Labute approximate surface area is 106 Å². The molecule has 18 heavy (non-hydrogen) atoms. The van der Waals surface area contributed by atoms with Gasteiger partial charge in [-0.15, -0.1) is 16.4 Å². The first-order valence-corrected chi connectivity index (χ1v) is 6.06. The van der Waals surface area contributed by atoms with Crippen molar-refractivity contribution >= 4 is 17.3 Å². The summed E-state index contributed by atoms with van der Waals surface area (Å²) < 4.78 is 0.962. The Balaban J connectivity index is 2.47. The van der Waals surface area contributed by atoms with Gasteiger partial charge < -0.3 is 5.11 Å². The van der Waals surface area contributed by atoms with Crippen molar-refractivity contribution in [2.75, 3.05) is 0 Å². The predicted octanol–water partition coefficient (Wildman–Crippen LogP) is 1.01. The summed E-state index contributed by atoms with van der Waals surface area (Å²) in [4.78, 5) is 28.7. The number of aromatic carboxylic acids is 1. The van der Waals surface area contributed by atoms with Crippen molar-refractivity contribution in [2.45, 2.75) is 26.2 Å². The highest BCUT2D eigenvalue weighted by Gasteiger charge is 2.20. The highest BCUT2D eigenvalue weighted by atomic mass is 32.1. The van der Waals surface area contributed by atoms with Crippen molar-refractivity contribution in [3.05, 3.63) is 27.4 Å². The molecule has 2 aromatic rings. The molecule has 0 bridgehead atoms. The molecular formula is C10H12N4O3S. The summed E-state index contributed by atoms with van der Waals surface area (Å²) >= 11 is 1.25. The first-order valence-electron chi connectivity index (χ1n) is 5.18. The fraction of sp³-hybridized carbons (Fsp3) is 0.400. The molecular weight excluding hydrogens is 256 g/mol. The van der Waals surface area contributed by atoms with Crippen molar-refractivity contribution < 1.29 is 9.90 Å². The van der Waals surface area contributed by atoms with Gasteiger partial charge in [-0.3, -0.25) is 4.98 Å². The minimum absolute atomic E-state index is 0.135. The monoisotopic (exact) mass is 268 g/mol. The SMILES string of the molecule is CC(C)(C)c1csc(-n2nc(C(=O)O)[nH]c2=O)n1. The fourth-order valence-electron chi connectivity index (χ4n) is 1.26. The minimum Gasteiger partial charge on any atom is -0.475 e. The summed E-state index contributed by atoms with van der Waals surface area (Å²) in [5.41, 5.74) is 0.0843. The number of nitrogens with one attached hydrogen (secondary N) is 1. The van der Waals surface area contributed by atoms with E-state index in [2.05, 4.69) is 15.1 Å². The van der Waals surface area contributed by atoms with Crippen molar-refractivity contribution in [3.8, 4) is 5.13 Å². The maximum atomic E-state index is 11.6. The topological polar surface area (TPSA) is 101 Å². The molecule has 0 fully saturated rings. The van der Waals surface area contributed by atoms with Gasteiger partial charge in [0.05, 0.1) is 5.69 Å². The smallest absolute Gasteiger partial charge is 0.373 e. The van der Waals surface area contributed by atoms with Gasteiger partial charge in [-0.05, 0) is 0 Å². The van der Waals surface area contributed by atoms with E-state index < -0.39 is 17.5 Å². The van der Waals surface area contributed by atoms with E-state index in [-0.39, 0.29) is 5.41 Å². The average molecular weight is 268 g/mol. The number of rotatable bonds is 2. The third-order valence-corrected chi connectivity index (χ3v) is 3.08. The van der Waals surface area contributed by atoms with Crippen molar-refractivity contribution in [1.29, 1.82) is 0 Å². The molecule has 96 valence electrons. The second-order valence-electron chi connectivity index (χ2n) is 4.76. The molecule has 2 heterocycles. The van der Waals surface area contributed by atoms with E-state index in [1.165, 1.54) is 11.3 Å². The zero-order valence-corrected chi connectivity index (χ0v) is 10.9. The molecule has 0 aromatic carbocycles. The molecule has 2 rings (SSSR count). The van der Waals surface area contributed by atoms with Crippen LogP contribution in [0, 0.1) is 0 Å². The summed E-state index contributed by atoms with van der Waals surface area (Å²) in [6.07, 6.45) is 0. The third kappa shape index (κ3) is 2.19. The number of carboxylic acids is 1. The molecule has 0 saturated heterocycles. The second kappa shape index (κ2) is 4.05. The lowest BCUT2D eigenvalue weighted by molar-refractivity contribution is 0.0683. The van der Waals surface area contributed by atoms with E-state index >= 15 is 0 Å². The first-order chi connectivity index (χ1) is 8.29. The summed E-state index contributed by atoms with van der Waals surface area (Å²) in [6.45, 7) is 6.01. The average Bonchev–Trinajstić information content (AvgIpc) is 2.81. The summed E-state index contributed by atoms with van der Waals surface area (Å²) in [6, 6.07) is 0. The van der Waals surface area contributed by atoms with Crippen LogP contribution in [0.3, 0.4) is 0 Å². The zero-order valence-electron chi connectivity index (χ0n) is 10.1. The van der Waals surface area contributed by atoms with E-state index in [9.17, 15) is 9.59 Å². The van der Waals surface area contributed by atoms with Crippen LogP contribution in [0.4, 0.5) is 0 Å². The number of carboxylic acid groups (broad SMARTS) is 1. The van der Waals surface area contributed by atoms with Crippen LogP contribution in [-0.4, -0.2) is 30.8 Å². The lowest BCUT2D eigenvalue weighted by Gasteiger charge is -2.13. The number of H-pyrrole nitrogens is 1. The van der Waals surface area contributed by atoms with Crippen molar-refractivity contribution in [2.24, 2.45) is 0 Å². The fourth-order valence-corrected chi connectivity index (χ4v) is 2.25. The maximum Gasteiger partial charge on any atom is 0.373 e. The van der Waals surface area contributed by atoms with Crippen LogP contribution in [0.15, 0.2) is 10.2 Å². The van der Waals surface area contributed by atoms with Gasteiger partial charge in [-0.2, -0.15) is 4.68 Å². The van der Waals surface area contributed by atoms with E-state index in [1.807, 2.05) is 26.2 Å². The van der Waals surface area contributed by atoms with Crippen molar-refractivity contribution in [3.63, 3.8) is 0 Å². The van der Waals surface area contributed by atoms with Gasteiger partial charge in [-0.25, -0.2) is 14.6 Å². The lowest BCUT2D eigenvalue weighted by Crippen LogP contribution is -2.17. The van der Waals surface area contributed by atoms with Crippen LogP contribution in [0.25, 0.3) is 5.13 Å². The molecule has 2 aromatic heterocycles. The van der Waals surface area contributed by atoms with Gasteiger partial charge in [0.15, 0.2) is 0 Å². The number of nitrogens with zero attached hydrogens (tertiary/aromatic N) is 3. The quantitative estimate of drug-likeness (QED) is 0.846. The van der Waals surface area contributed by atoms with Gasteiger partial charge >= 0.3 is 11.7 Å². The Kier molecular flexibility index (Phi) is 2.81. The van der Waals surface area contributed by atoms with Gasteiger partial charge in [0.1, 0.15) is 0 Å². The van der Waals surface area contributed by atoms with Gasteiger partial charge in [0, 0.05) is 10.8 Å². The third-order valence-electron chi connectivity index (χ3n) is 2.26. The van der Waals surface area contributed by atoms with Gasteiger partial charge in [0.2, 0.25) is 11.0 Å². The number of hydrogen-bond donors (Lipinski definition) is 2. The number of carbonyl (C=O) groups is 1. The van der Waals surface area contributed by atoms with Gasteiger partial charge in [0.25, 0.3) is 0 Å². The number of aromatic nitrogens is 4. The maximum absolute atomic E-state index is 11.6. The van der Waals surface area contributed by atoms with E-state index in [0.29, 0.717) is 5.13 Å². The normalized spacial score (nSPS) is 11.7. The Bertz CT molecular complexity index is 647. The molecule has 0 radical (unpaired) electrons. The van der Waals surface area contributed by atoms with E-state index in [4.69, 9.17) is 5.11 Å². The Morgan fingerprint density at radius 3 is 2.61 bits per heavy atom. The highest BCUT2D eigenvalue weighted by molar-refractivity contribution is 7.12. The molecule has 7 nitrogen and oxygen atoms in total. The van der Waals surface area contributed by atoms with E-state index in [0.717, 1.165) is 10.4 Å². The summed E-state index contributed by atoms with van der Waals surface area (Å²) in [7, 11) is 0. The van der Waals surface area contributed by atoms with Gasteiger partial charge in [-0.1, -0.05) is 20.8 Å². The molecule has 2 N–H and O–H groups in total. The molecule has 8 heteroatoms. The highest BCUT2D eigenvalue weighted by Crippen LogP contribution is 2.24. The van der Waals surface area contributed by atoms with Crippen LogP contribution in [0.1, 0.15) is 37.1 Å². The Hall–Kier alpha value is -1.96. The number of hydrogen-bond acceptors (Lipinski definition) is 5. The molecule has 0 atom stereocenters. The largest absolute Gasteiger partial charge is 0.475 e. The van der Waals surface area contributed by atoms with Crippen LogP contribution in [0.5, 0.6) is 0 Å². The molecule has 0 spiro atoms. The van der Waals surface area contributed by atoms with Crippen LogP contribution in [0.2, 0.25) is 0 Å². The molecule has 0 amide bonds. The van der Waals surface area contributed by atoms with Crippen molar-refractivity contribution in [1.82, 2.24) is 19.7 Å². The minimum atomic E-state index is -1.28. The Morgan fingerprint density at radius 2 is 2.17 bits per heavy atom. The number of thiazole rings is 1. The van der Waals surface area contributed by atoms with Crippen LogP contribution >= 0.6 is 11.3 Å².